The van der Waals surface area contributed by atoms with Crippen molar-refractivity contribution >= 4 is 23.6 Å². The summed E-state index contributed by atoms with van der Waals surface area (Å²) in [5.74, 6) is 0. The quantitative estimate of drug-likeness (QED) is 0.715. The van der Waals surface area contributed by atoms with Crippen molar-refractivity contribution in [1.82, 2.24) is 0 Å². The Kier molecular flexibility index (Phi) is 4.06. The van der Waals surface area contributed by atoms with Crippen LogP contribution in [0.4, 0.5) is 5.69 Å². The van der Waals surface area contributed by atoms with E-state index in [0.717, 1.165) is 24.9 Å². The zero-order valence-corrected chi connectivity index (χ0v) is 10.9. The molecule has 0 saturated heterocycles. The molecule has 0 aliphatic heterocycles. The number of carbonyl (C=O) groups excluding carboxylic acids is 1. The highest BCUT2D eigenvalue weighted by Crippen LogP contribution is 2.34. The fraction of sp³-hybridized carbons (Fsp3) is 0.500. The van der Waals surface area contributed by atoms with E-state index in [4.69, 9.17) is 11.6 Å². The van der Waals surface area contributed by atoms with Gasteiger partial charge >= 0.3 is 0 Å². The summed E-state index contributed by atoms with van der Waals surface area (Å²) >= 11 is 5.92. The molecule has 0 unspecified atom stereocenters. The topological polar surface area (TPSA) is 20.3 Å². The third kappa shape index (κ3) is 3.01. The lowest BCUT2D eigenvalue weighted by Gasteiger charge is -2.26. The van der Waals surface area contributed by atoms with Crippen molar-refractivity contribution in [1.29, 1.82) is 0 Å². The molecular weight excluding hydrogens is 234 g/mol. The lowest BCUT2D eigenvalue weighted by Crippen LogP contribution is -2.27. The number of hydrogen-bond acceptors (Lipinski definition) is 2. The van der Waals surface area contributed by atoms with Crippen LogP contribution in [-0.4, -0.2) is 18.9 Å². The molecule has 0 amide bonds. The monoisotopic (exact) mass is 251 g/mol. The summed E-state index contributed by atoms with van der Waals surface area (Å²) in [6.45, 7) is 3.22. The largest absolute Gasteiger partial charge is 0.368 e. The van der Waals surface area contributed by atoms with Gasteiger partial charge in [0.1, 0.15) is 0 Å². The van der Waals surface area contributed by atoms with Crippen molar-refractivity contribution in [3.05, 3.63) is 28.8 Å². The van der Waals surface area contributed by atoms with E-state index in [2.05, 4.69) is 11.8 Å². The predicted octanol–water partition coefficient (Wildman–Crippen LogP) is 3.92. The standard InChI is InChI=1S/C14H18ClNO/c1-2-3-8-16(13-5-6-13)14-7-4-12(15)9-11(14)10-17/h4,7,9-10,13H,2-3,5-6,8H2,1H3. The van der Waals surface area contributed by atoms with E-state index in [1.807, 2.05) is 12.1 Å². The van der Waals surface area contributed by atoms with Crippen LogP contribution >= 0.6 is 11.6 Å². The minimum atomic E-state index is 0.626. The van der Waals surface area contributed by atoms with Crippen LogP contribution in [-0.2, 0) is 0 Å². The molecule has 1 fully saturated rings. The van der Waals surface area contributed by atoms with E-state index < -0.39 is 0 Å². The van der Waals surface area contributed by atoms with Crippen molar-refractivity contribution in [3.8, 4) is 0 Å². The van der Waals surface area contributed by atoms with E-state index >= 15 is 0 Å². The highest BCUT2D eigenvalue weighted by Gasteiger charge is 2.29. The molecule has 1 aliphatic rings. The highest BCUT2D eigenvalue weighted by atomic mass is 35.5. The molecule has 0 aromatic heterocycles. The molecule has 0 bridgehead atoms. The molecule has 1 saturated carbocycles. The first-order chi connectivity index (χ1) is 8.26. The molecule has 1 aromatic carbocycles. The molecule has 0 spiro atoms. The van der Waals surface area contributed by atoms with Gasteiger partial charge in [-0.05, 0) is 37.5 Å². The van der Waals surface area contributed by atoms with Crippen LogP contribution in [0.2, 0.25) is 5.02 Å². The summed E-state index contributed by atoms with van der Waals surface area (Å²) in [6.07, 6.45) is 5.72. The average Bonchev–Trinajstić information content (AvgIpc) is 3.15. The number of anilines is 1. The van der Waals surface area contributed by atoms with Crippen molar-refractivity contribution < 1.29 is 4.79 Å². The van der Waals surface area contributed by atoms with Crippen LogP contribution in [0, 0.1) is 0 Å². The van der Waals surface area contributed by atoms with Crippen molar-refractivity contribution in [2.75, 3.05) is 11.4 Å². The molecular formula is C14H18ClNO. The average molecular weight is 252 g/mol. The van der Waals surface area contributed by atoms with Gasteiger partial charge in [-0.1, -0.05) is 24.9 Å². The second-order valence-corrected chi connectivity index (χ2v) is 5.04. The van der Waals surface area contributed by atoms with Gasteiger partial charge in [0.15, 0.2) is 6.29 Å². The Hall–Kier alpha value is -1.02. The van der Waals surface area contributed by atoms with E-state index in [0.29, 0.717) is 16.6 Å². The molecule has 3 heteroatoms. The number of hydrogen-bond donors (Lipinski definition) is 0. The smallest absolute Gasteiger partial charge is 0.152 e. The van der Waals surface area contributed by atoms with Crippen LogP contribution in [0.5, 0.6) is 0 Å². The number of halogens is 1. The molecule has 17 heavy (non-hydrogen) atoms. The van der Waals surface area contributed by atoms with Crippen LogP contribution in [0.1, 0.15) is 43.0 Å². The van der Waals surface area contributed by atoms with Crippen molar-refractivity contribution in [3.63, 3.8) is 0 Å². The van der Waals surface area contributed by atoms with Gasteiger partial charge in [-0.3, -0.25) is 4.79 Å². The Bertz CT molecular complexity index is 401. The first kappa shape index (κ1) is 12.4. The second kappa shape index (κ2) is 5.54. The van der Waals surface area contributed by atoms with Crippen LogP contribution in [0.25, 0.3) is 0 Å². The van der Waals surface area contributed by atoms with Gasteiger partial charge in [-0.2, -0.15) is 0 Å². The molecule has 1 aromatic rings. The van der Waals surface area contributed by atoms with Gasteiger partial charge in [0.05, 0.1) is 0 Å². The van der Waals surface area contributed by atoms with E-state index in [-0.39, 0.29) is 0 Å². The summed E-state index contributed by atoms with van der Waals surface area (Å²) in [6, 6.07) is 6.22. The molecule has 0 N–H and O–H groups in total. The number of carbonyl (C=O) groups is 1. The molecule has 1 aliphatic carbocycles. The van der Waals surface area contributed by atoms with Crippen LogP contribution < -0.4 is 4.90 Å². The van der Waals surface area contributed by atoms with Gasteiger partial charge < -0.3 is 4.90 Å². The summed E-state index contributed by atoms with van der Waals surface area (Å²) in [7, 11) is 0. The Labute approximate surface area is 108 Å². The molecule has 2 nitrogen and oxygen atoms in total. The predicted molar refractivity (Wildman–Crippen MR) is 72.1 cm³/mol. The van der Waals surface area contributed by atoms with Gasteiger partial charge in [0.25, 0.3) is 0 Å². The normalized spacial score (nSPS) is 14.7. The highest BCUT2D eigenvalue weighted by molar-refractivity contribution is 6.31. The minimum absolute atomic E-state index is 0.626. The number of benzene rings is 1. The fourth-order valence-electron chi connectivity index (χ4n) is 2.10. The Morgan fingerprint density at radius 1 is 1.47 bits per heavy atom. The Balaban J connectivity index is 2.24. The summed E-state index contributed by atoms with van der Waals surface area (Å²) < 4.78 is 0. The lowest BCUT2D eigenvalue weighted by molar-refractivity contribution is 0.112. The van der Waals surface area contributed by atoms with Gasteiger partial charge in [-0.25, -0.2) is 0 Å². The molecule has 0 radical (unpaired) electrons. The Morgan fingerprint density at radius 2 is 2.24 bits per heavy atom. The first-order valence-corrected chi connectivity index (χ1v) is 6.65. The maximum Gasteiger partial charge on any atom is 0.152 e. The summed E-state index contributed by atoms with van der Waals surface area (Å²) in [5.41, 5.74) is 1.75. The third-order valence-corrected chi connectivity index (χ3v) is 3.40. The van der Waals surface area contributed by atoms with E-state index in [9.17, 15) is 4.79 Å². The maximum atomic E-state index is 11.1. The summed E-state index contributed by atoms with van der Waals surface area (Å²) in [4.78, 5) is 13.5. The van der Waals surface area contributed by atoms with E-state index in [1.54, 1.807) is 6.07 Å². The maximum absolute atomic E-state index is 11.1. The SMILES string of the molecule is CCCCN(c1ccc(Cl)cc1C=O)C1CC1. The van der Waals surface area contributed by atoms with Crippen molar-refractivity contribution in [2.45, 2.75) is 38.6 Å². The number of aldehydes is 1. The molecule has 0 atom stereocenters. The fourth-order valence-corrected chi connectivity index (χ4v) is 2.28. The van der Waals surface area contributed by atoms with Gasteiger partial charge in [-0.15, -0.1) is 0 Å². The number of unbranched alkanes of at least 4 members (excludes halogenated alkanes) is 1. The first-order valence-electron chi connectivity index (χ1n) is 6.27. The van der Waals surface area contributed by atoms with Crippen molar-refractivity contribution in [2.24, 2.45) is 0 Å². The summed E-state index contributed by atoms with van der Waals surface area (Å²) in [5, 5.41) is 0.627. The van der Waals surface area contributed by atoms with Crippen LogP contribution in [0.3, 0.4) is 0 Å². The minimum Gasteiger partial charge on any atom is -0.368 e. The number of rotatable bonds is 6. The van der Waals surface area contributed by atoms with Crippen LogP contribution in [0.15, 0.2) is 18.2 Å². The van der Waals surface area contributed by atoms with Gasteiger partial charge in [0, 0.05) is 28.9 Å². The molecule has 92 valence electrons. The Morgan fingerprint density at radius 3 is 2.82 bits per heavy atom. The number of nitrogens with zero attached hydrogens (tertiary/aromatic N) is 1. The second-order valence-electron chi connectivity index (χ2n) is 4.60. The third-order valence-electron chi connectivity index (χ3n) is 3.17. The van der Waals surface area contributed by atoms with E-state index in [1.165, 1.54) is 19.3 Å². The van der Waals surface area contributed by atoms with Gasteiger partial charge in [0.2, 0.25) is 0 Å². The zero-order valence-electron chi connectivity index (χ0n) is 10.2. The zero-order chi connectivity index (χ0) is 12.3. The molecule has 0 heterocycles. The molecule has 2 rings (SSSR count). The lowest BCUT2D eigenvalue weighted by atomic mass is 10.1.